The number of aromatic nitrogens is 1. The molecule has 0 saturated carbocycles. The molecule has 0 saturated heterocycles. The van der Waals surface area contributed by atoms with Crippen molar-refractivity contribution in [3.63, 3.8) is 0 Å². The molecule has 1 N–H and O–H groups in total. The minimum absolute atomic E-state index is 0.278. The molecule has 3 rings (SSSR count). The zero-order chi connectivity index (χ0) is 15.9. The average molecular weight is 321 g/mol. The SMILES string of the molecule is Cc1cc(Cl)c2c([nH]c3ccc(F)cc32)c1OCCN(C)C. The highest BCUT2D eigenvalue weighted by molar-refractivity contribution is 6.38. The summed E-state index contributed by atoms with van der Waals surface area (Å²) in [7, 11) is 4.00. The Hall–Kier alpha value is -1.78. The molecule has 5 heteroatoms. The van der Waals surface area contributed by atoms with Crippen LogP contribution < -0.4 is 4.74 Å². The van der Waals surface area contributed by atoms with Crippen molar-refractivity contribution in [1.82, 2.24) is 9.88 Å². The maximum absolute atomic E-state index is 13.6. The Morgan fingerprint density at radius 3 is 2.77 bits per heavy atom. The maximum Gasteiger partial charge on any atom is 0.146 e. The van der Waals surface area contributed by atoms with E-state index in [1.54, 1.807) is 6.07 Å². The lowest BCUT2D eigenvalue weighted by molar-refractivity contribution is 0.262. The molecule has 2 aromatic carbocycles. The summed E-state index contributed by atoms with van der Waals surface area (Å²) in [5.41, 5.74) is 2.63. The first-order valence-electron chi connectivity index (χ1n) is 7.15. The summed E-state index contributed by atoms with van der Waals surface area (Å²) in [6.45, 7) is 3.36. The van der Waals surface area contributed by atoms with Gasteiger partial charge in [-0.05, 0) is 50.8 Å². The fraction of sp³-hybridized carbons (Fsp3) is 0.294. The standard InChI is InChI=1S/C17H18ClFN2O/c1-10-8-13(18)15-12-9-11(19)4-5-14(12)20-16(15)17(10)22-7-6-21(2)3/h4-5,8-9,20H,6-7H2,1-3H3. The van der Waals surface area contributed by atoms with Crippen LogP contribution in [0.4, 0.5) is 4.39 Å². The van der Waals surface area contributed by atoms with E-state index in [-0.39, 0.29) is 5.82 Å². The second-order valence-corrected chi connectivity index (χ2v) is 6.13. The van der Waals surface area contributed by atoms with Gasteiger partial charge in [0.2, 0.25) is 0 Å². The fourth-order valence-corrected chi connectivity index (χ4v) is 2.98. The van der Waals surface area contributed by atoms with Gasteiger partial charge in [0.1, 0.15) is 18.2 Å². The summed E-state index contributed by atoms with van der Waals surface area (Å²) in [5, 5.41) is 2.18. The van der Waals surface area contributed by atoms with E-state index < -0.39 is 0 Å². The van der Waals surface area contributed by atoms with Gasteiger partial charge in [-0.25, -0.2) is 4.39 Å². The lowest BCUT2D eigenvalue weighted by atomic mass is 10.1. The number of likely N-dealkylation sites (N-methyl/N-ethyl adjacent to an activating group) is 1. The van der Waals surface area contributed by atoms with Crippen LogP contribution in [-0.2, 0) is 0 Å². The summed E-state index contributed by atoms with van der Waals surface area (Å²) in [6.07, 6.45) is 0. The highest BCUT2D eigenvalue weighted by Gasteiger charge is 2.16. The number of aromatic amines is 1. The molecule has 0 atom stereocenters. The Balaban J connectivity index is 2.17. The largest absolute Gasteiger partial charge is 0.490 e. The van der Waals surface area contributed by atoms with Gasteiger partial charge < -0.3 is 14.6 Å². The van der Waals surface area contributed by atoms with Crippen molar-refractivity contribution in [2.45, 2.75) is 6.92 Å². The van der Waals surface area contributed by atoms with Gasteiger partial charge in [0.05, 0.1) is 10.5 Å². The molecule has 0 fully saturated rings. The number of ether oxygens (including phenoxy) is 1. The van der Waals surface area contributed by atoms with E-state index in [4.69, 9.17) is 16.3 Å². The lowest BCUT2D eigenvalue weighted by Crippen LogP contribution is -2.19. The molecule has 0 aliphatic heterocycles. The highest BCUT2D eigenvalue weighted by Crippen LogP contribution is 2.39. The molecule has 22 heavy (non-hydrogen) atoms. The predicted molar refractivity (Wildman–Crippen MR) is 89.6 cm³/mol. The molecule has 0 spiro atoms. The topological polar surface area (TPSA) is 28.3 Å². The summed E-state index contributed by atoms with van der Waals surface area (Å²) in [4.78, 5) is 5.36. The minimum atomic E-state index is -0.278. The van der Waals surface area contributed by atoms with Crippen molar-refractivity contribution in [3.8, 4) is 5.75 Å². The fourth-order valence-electron chi connectivity index (χ4n) is 2.62. The normalized spacial score (nSPS) is 11.7. The van der Waals surface area contributed by atoms with Crippen molar-refractivity contribution < 1.29 is 9.13 Å². The molecular weight excluding hydrogens is 303 g/mol. The summed E-state index contributed by atoms with van der Waals surface area (Å²) in [6, 6.07) is 6.52. The molecule has 0 unspecified atom stereocenters. The lowest BCUT2D eigenvalue weighted by Gasteiger charge is -2.14. The van der Waals surface area contributed by atoms with Crippen LogP contribution in [-0.4, -0.2) is 37.1 Å². The second-order valence-electron chi connectivity index (χ2n) is 5.72. The second kappa shape index (κ2) is 5.78. The van der Waals surface area contributed by atoms with Gasteiger partial charge in [-0.15, -0.1) is 0 Å². The molecule has 3 aromatic rings. The number of nitrogens with one attached hydrogen (secondary N) is 1. The number of fused-ring (bicyclic) bond motifs is 3. The molecule has 1 aromatic heterocycles. The van der Waals surface area contributed by atoms with Gasteiger partial charge in [0.15, 0.2) is 0 Å². The number of halogens is 2. The summed E-state index contributed by atoms with van der Waals surface area (Å²) in [5.74, 6) is 0.498. The zero-order valence-electron chi connectivity index (χ0n) is 12.8. The molecule has 1 heterocycles. The van der Waals surface area contributed by atoms with E-state index in [1.807, 2.05) is 27.1 Å². The van der Waals surface area contributed by atoms with E-state index >= 15 is 0 Å². The first-order chi connectivity index (χ1) is 10.5. The van der Waals surface area contributed by atoms with Crippen molar-refractivity contribution in [3.05, 3.63) is 40.7 Å². The third-order valence-electron chi connectivity index (χ3n) is 3.71. The number of rotatable bonds is 4. The maximum atomic E-state index is 13.6. The van der Waals surface area contributed by atoms with Crippen molar-refractivity contribution in [2.24, 2.45) is 0 Å². The van der Waals surface area contributed by atoms with E-state index in [1.165, 1.54) is 12.1 Å². The first kappa shape index (κ1) is 15.1. The number of nitrogens with zero attached hydrogens (tertiary/aromatic N) is 1. The van der Waals surface area contributed by atoms with E-state index in [2.05, 4.69) is 9.88 Å². The molecule has 116 valence electrons. The number of aryl methyl sites for hydroxylation is 1. The molecular formula is C17H18ClFN2O. The van der Waals surface area contributed by atoms with Crippen molar-refractivity contribution in [1.29, 1.82) is 0 Å². The molecule has 3 nitrogen and oxygen atoms in total. The van der Waals surface area contributed by atoms with Crippen LogP contribution in [0.3, 0.4) is 0 Å². The summed E-state index contributed by atoms with van der Waals surface area (Å²) >= 11 is 6.39. The van der Waals surface area contributed by atoms with Gasteiger partial charge in [0.25, 0.3) is 0 Å². The number of hydrogen-bond donors (Lipinski definition) is 1. The van der Waals surface area contributed by atoms with Crippen LogP contribution in [0.2, 0.25) is 5.02 Å². The van der Waals surface area contributed by atoms with Crippen LogP contribution in [0.1, 0.15) is 5.56 Å². The van der Waals surface area contributed by atoms with Crippen LogP contribution >= 0.6 is 11.6 Å². The summed E-state index contributed by atoms with van der Waals surface area (Å²) < 4.78 is 19.5. The van der Waals surface area contributed by atoms with Gasteiger partial charge >= 0.3 is 0 Å². The number of hydrogen-bond acceptors (Lipinski definition) is 2. The quantitative estimate of drug-likeness (QED) is 0.773. The smallest absolute Gasteiger partial charge is 0.146 e. The van der Waals surface area contributed by atoms with E-state index in [0.717, 1.165) is 39.7 Å². The van der Waals surface area contributed by atoms with E-state index in [9.17, 15) is 4.39 Å². The average Bonchev–Trinajstić information content (AvgIpc) is 2.80. The van der Waals surface area contributed by atoms with Crippen LogP contribution in [0.15, 0.2) is 24.3 Å². The van der Waals surface area contributed by atoms with Gasteiger partial charge in [-0.1, -0.05) is 11.6 Å². The monoisotopic (exact) mass is 320 g/mol. The van der Waals surface area contributed by atoms with Crippen LogP contribution in [0.5, 0.6) is 5.75 Å². The zero-order valence-corrected chi connectivity index (χ0v) is 13.6. The minimum Gasteiger partial charge on any atom is -0.490 e. The third kappa shape index (κ3) is 2.64. The third-order valence-corrected chi connectivity index (χ3v) is 4.01. The van der Waals surface area contributed by atoms with E-state index in [0.29, 0.717) is 11.6 Å². The van der Waals surface area contributed by atoms with Crippen LogP contribution in [0.25, 0.3) is 21.8 Å². The van der Waals surface area contributed by atoms with Gasteiger partial charge in [0, 0.05) is 22.8 Å². The Bertz CT molecular complexity index is 842. The van der Waals surface area contributed by atoms with Crippen LogP contribution in [0, 0.1) is 12.7 Å². The Labute approximate surface area is 133 Å². The van der Waals surface area contributed by atoms with Crippen molar-refractivity contribution >= 4 is 33.4 Å². The Kier molecular flexibility index (Phi) is 3.98. The van der Waals surface area contributed by atoms with Gasteiger partial charge in [-0.3, -0.25) is 0 Å². The molecule has 0 aliphatic rings. The van der Waals surface area contributed by atoms with Gasteiger partial charge in [-0.2, -0.15) is 0 Å². The highest BCUT2D eigenvalue weighted by atomic mass is 35.5. The molecule has 0 bridgehead atoms. The first-order valence-corrected chi connectivity index (χ1v) is 7.52. The number of benzene rings is 2. The Morgan fingerprint density at radius 2 is 2.05 bits per heavy atom. The molecule has 0 radical (unpaired) electrons. The Morgan fingerprint density at radius 1 is 1.27 bits per heavy atom. The molecule has 0 amide bonds. The predicted octanol–water partition coefficient (Wildman–Crippen LogP) is 4.36. The van der Waals surface area contributed by atoms with Crippen molar-refractivity contribution in [2.75, 3.05) is 27.2 Å². The molecule has 0 aliphatic carbocycles. The number of H-pyrrole nitrogens is 1.